The smallest absolute Gasteiger partial charge is 0.412 e. The zero-order valence-corrected chi connectivity index (χ0v) is 12.6. The molecule has 1 amide bonds. The Morgan fingerprint density at radius 3 is 2.47 bits per heavy atom. The summed E-state index contributed by atoms with van der Waals surface area (Å²) in [4.78, 5) is 24.5. The second kappa shape index (κ2) is 6.56. The molecule has 1 heterocycles. The molecule has 0 fully saturated rings. The molecule has 0 aliphatic carbocycles. The maximum Gasteiger partial charge on any atom is 0.412 e. The highest BCUT2D eigenvalue weighted by molar-refractivity contribution is 7.16. The fourth-order valence-electron chi connectivity index (χ4n) is 1.49. The van der Waals surface area contributed by atoms with E-state index in [1.807, 2.05) is 13.8 Å². The molecule has 5 nitrogen and oxygen atoms in total. The van der Waals surface area contributed by atoms with Crippen LogP contribution in [0.15, 0.2) is 0 Å². The summed E-state index contributed by atoms with van der Waals surface area (Å²) in [6.45, 7) is 9.29. The van der Waals surface area contributed by atoms with Crippen molar-refractivity contribution in [1.82, 2.24) is 0 Å². The van der Waals surface area contributed by atoms with Gasteiger partial charge in [-0.25, -0.2) is 9.59 Å². The molecule has 106 valence electrons. The second-order valence-electron chi connectivity index (χ2n) is 4.29. The minimum atomic E-state index is -0.567. The summed E-state index contributed by atoms with van der Waals surface area (Å²) >= 11 is 1.34. The van der Waals surface area contributed by atoms with E-state index in [1.165, 1.54) is 11.3 Å². The topological polar surface area (TPSA) is 64.6 Å². The van der Waals surface area contributed by atoms with E-state index < -0.39 is 12.1 Å². The van der Waals surface area contributed by atoms with Crippen LogP contribution in [0.25, 0.3) is 0 Å². The summed E-state index contributed by atoms with van der Waals surface area (Å²) in [6.07, 6.45) is -0.773. The van der Waals surface area contributed by atoms with Crippen molar-refractivity contribution in [2.45, 2.75) is 40.7 Å². The maximum atomic E-state index is 12.0. The van der Waals surface area contributed by atoms with Gasteiger partial charge in [0.15, 0.2) is 0 Å². The highest BCUT2D eigenvalue weighted by atomic mass is 32.1. The van der Waals surface area contributed by atoms with Gasteiger partial charge < -0.3 is 9.47 Å². The van der Waals surface area contributed by atoms with Crippen LogP contribution in [-0.4, -0.2) is 24.8 Å². The van der Waals surface area contributed by atoms with Crippen LogP contribution in [-0.2, 0) is 9.47 Å². The Balaban J connectivity index is 3.01. The Kier molecular flexibility index (Phi) is 5.35. The minimum absolute atomic E-state index is 0.206. The van der Waals surface area contributed by atoms with E-state index in [4.69, 9.17) is 9.47 Å². The van der Waals surface area contributed by atoms with Gasteiger partial charge in [-0.2, -0.15) is 0 Å². The molecule has 1 N–H and O–H groups in total. The molecular formula is C13H19NO4S. The van der Waals surface area contributed by atoms with Gasteiger partial charge in [-0.15, -0.1) is 11.3 Å². The van der Waals surface area contributed by atoms with Crippen molar-refractivity contribution in [3.63, 3.8) is 0 Å². The van der Waals surface area contributed by atoms with Gasteiger partial charge in [0, 0.05) is 4.88 Å². The van der Waals surface area contributed by atoms with E-state index in [0.717, 1.165) is 10.4 Å². The number of amides is 1. The zero-order valence-electron chi connectivity index (χ0n) is 11.8. The monoisotopic (exact) mass is 285 g/mol. The van der Waals surface area contributed by atoms with Crippen LogP contribution in [0.3, 0.4) is 0 Å². The molecule has 0 aliphatic rings. The Hall–Kier alpha value is -1.56. The van der Waals surface area contributed by atoms with Crippen molar-refractivity contribution >= 4 is 28.4 Å². The molecule has 1 aromatic rings. The largest absolute Gasteiger partial charge is 0.459 e. The summed E-state index contributed by atoms with van der Waals surface area (Å²) in [5.74, 6) is -0.427. The molecule has 0 bridgehead atoms. The number of aryl methyl sites for hydroxylation is 1. The van der Waals surface area contributed by atoms with Crippen LogP contribution in [0.5, 0.6) is 0 Å². The molecule has 0 aliphatic heterocycles. The molecule has 0 aromatic carbocycles. The van der Waals surface area contributed by atoms with Gasteiger partial charge in [0.05, 0.1) is 18.3 Å². The van der Waals surface area contributed by atoms with Crippen molar-refractivity contribution in [3.05, 3.63) is 16.0 Å². The molecule has 6 heteroatoms. The number of hydrogen-bond donors (Lipinski definition) is 1. The zero-order chi connectivity index (χ0) is 14.6. The molecule has 0 atom stereocenters. The SMILES string of the molecule is CCOC(=O)Nc1sc(C)c(C)c1C(=O)OC(C)C. The van der Waals surface area contributed by atoms with Gasteiger partial charge >= 0.3 is 12.1 Å². The predicted octanol–water partition coefficient (Wildman–Crippen LogP) is 3.50. The number of ether oxygens (including phenoxy) is 2. The van der Waals surface area contributed by atoms with Gasteiger partial charge in [-0.05, 0) is 40.2 Å². The predicted molar refractivity (Wildman–Crippen MR) is 75.0 cm³/mol. The van der Waals surface area contributed by atoms with E-state index in [-0.39, 0.29) is 12.7 Å². The summed E-state index contributed by atoms with van der Waals surface area (Å²) in [5, 5.41) is 3.06. The van der Waals surface area contributed by atoms with Crippen LogP contribution in [0.1, 0.15) is 41.6 Å². The number of nitrogens with one attached hydrogen (secondary N) is 1. The van der Waals surface area contributed by atoms with E-state index >= 15 is 0 Å². The number of carbonyl (C=O) groups excluding carboxylic acids is 2. The van der Waals surface area contributed by atoms with E-state index in [2.05, 4.69) is 5.32 Å². The highest BCUT2D eigenvalue weighted by Gasteiger charge is 2.23. The maximum absolute atomic E-state index is 12.0. The first kappa shape index (κ1) is 15.5. The molecule has 0 saturated heterocycles. The van der Waals surface area contributed by atoms with Crippen molar-refractivity contribution in [2.75, 3.05) is 11.9 Å². The summed E-state index contributed by atoms with van der Waals surface area (Å²) < 4.78 is 10.0. The van der Waals surface area contributed by atoms with Gasteiger partial charge in [0.2, 0.25) is 0 Å². The average molecular weight is 285 g/mol. The van der Waals surface area contributed by atoms with Gasteiger partial charge in [0.1, 0.15) is 5.00 Å². The summed E-state index contributed by atoms with van der Waals surface area (Å²) in [7, 11) is 0. The standard InChI is InChI=1S/C13H19NO4S/c1-6-17-13(16)14-11-10(8(4)9(5)19-11)12(15)18-7(2)3/h7H,6H2,1-5H3,(H,14,16). The van der Waals surface area contributed by atoms with E-state index in [9.17, 15) is 9.59 Å². The fraction of sp³-hybridized carbons (Fsp3) is 0.538. The first-order valence-corrected chi connectivity index (χ1v) is 6.93. The quantitative estimate of drug-likeness (QED) is 0.860. The van der Waals surface area contributed by atoms with Crippen LogP contribution in [0.4, 0.5) is 9.80 Å². The lowest BCUT2D eigenvalue weighted by atomic mass is 10.1. The van der Waals surface area contributed by atoms with Crippen molar-refractivity contribution < 1.29 is 19.1 Å². The molecule has 0 spiro atoms. The normalized spacial score (nSPS) is 10.4. The van der Waals surface area contributed by atoms with Crippen molar-refractivity contribution in [1.29, 1.82) is 0 Å². The summed E-state index contributed by atoms with van der Waals surface area (Å²) in [6, 6.07) is 0. The molecule has 0 unspecified atom stereocenters. The van der Waals surface area contributed by atoms with Gasteiger partial charge in [-0.1, -0.05) is 0 Å². The molecule has 0 saturated carbocycles. The molecule has 19 heavy (non-hydrogen) atoms. The van der Waals surface area contributed by atoms with Crippen molar-refractivity contribution in [2.24, 2.45) is 0 Å². The van der Waals surface area contributed by atoms with Gasteiger partial charge in [-0.3, -0.25) is 5.32 Å². The first-order chi connectivity index (χ1) is 8.86. The van der Waals surface area contributed by atoms with E-state index in [0.29, 0.717) is 10.6 Å². The fourth-order valence-corrected chi connectivity index (χ4v) is 2.53. The Morgan fingerprint density at radius 2 is 1.95 bits per heavy atom. The molecule has 1 rings (SSSR count). The number of rotatable bonds is 4. The third-order valence-electron chi connectivity index (χ3n) is 2.42. The number of esters is 1. The van der Waals surface area contributed by atoms with Gasteiger partial charge in [0.25, 0.3) is 0 Å². The molecule has 0 radical (unpaired) electrons. The lowest BCUT2D eigenvalue weighted by molar-refractivity contribution is 0.0379. The van der Waals surface area contributed by atoms with Crippen molar-refractivity contribution in [3.8, 4) is 0 Å². The Bertz CT molecular complexity index is 479. The third-order valence-corrected chi connectivity index (χ3v) is 3.55. The number of hydrogen-bond acceptors (Lipinski definition) is 5. The summed E-state index contributed by atoms with van der Waals surface area (Å²) in [5.41, 5.74) is 1.23. The minimum Gasteiger partial charge on any atom is -0.459 e. The third kappa shape index (κ3) is 3.96. The van der Waals surface area contributed by atoms with Crippen LogP contribution >= 0.6 is 11.3 Å². The van der Waals surface area contributed by atoms with E-state index in [1.54, 1.807) is 20.8 Å². The Labute approximate surface area is 116 Å². The number of carbonyl (C=O) groups is 2. The second-order valence-corrected chi connectivity index (χ2v) is 5.51. The lowest BCUT2D eigenvalue weighted by Gasteiger charge is -2.10. The highest BCUT2D eigenvalue weighted by Crippen LogP contribution is 2.33. The lowest BCUT2D eigenvalue weighted by Crippen LogP contribution is -2.17. The molecule has 1 aromatic heterocycles. The van der Waals surface area contributed by atoms with Crippen LogP contribution < -0.4 is 5.32 Å². The first-order valence-electron chi connectivity index (χ1n) is 6.11. The number of anilines is 1. The molecular weight excluding hydrogens is 266 g/mol. The Morgan fingerprint density at radius 1 is 1.32 bits per heavy atom. The van der Waals surface area contributed by atoms with Crippen LogP contribution in [0.2, 0.25) is 0 Å². The number of thiophene rings is 1. The van der Waals surface area contributed by atoms with Crippen LogP contribution in [0, 0.1) is 13.8 Å². The average Bonchev–Trinajstić information content (AvgIpc) is 2.53.